The fourth-order valence-corrected chi connectivity index (χ4v) is 3.01. The number of fused-ring (bicyclic) bond motifs is 1. The highest BCUT2D eigenvalue weighted by atomic mass is 16.5. The number of methoxy groups -OCH3 is 1. The first-order valence-electron chi connectivity index (χ1n) is 9.24. The number of hydrogen-bond acceptors (Lipinski definition) is 4. The molecule has 29 heavy (non-hydrogen) atoms. The van der Waals surface area contributed by atoms with E-state index in [1.165, 1.54) is 0 Å². The quantitative estimate of drug-likeness (QED) is 0.535. The molecule has 6 nitrogen and oxygen atoms in total. The van der Waals surface area contributed by atoms with Crippen LogP contribution in [-0.4, -0.2) is 29.0 Å². The minimum atomic E-state index is -0.268. The summed E-state index contributed by atoms with van der Waals surface area (Å²) in [6.45, 7) is 1.91. The number of carbonyl (C=O) groups excluding carboxylic acids is 1. The minimum absolute atomic E-state index is 0.0925. The van der Waals surface area contributed by atoms with Crippen LogP contribution in [0.3, 0.4) is 0 Å². The van der Waals surface area contributed by atoms with Crippen molar-refractivity contribution in [2.24, 2.45) is 0 Å². The number of amides is 1. The predicted octanol–water partition coefficient (Wildman–Crippen LogP) is 4.34. The van der Waals surface area contributed by atoms with Gasteiger partial charge in [0.25, 0.3) is 5.91 Å². The molecule has 0 fully saturated rings. The van der Waals surface area contributed by atoms with Crippen LogP contribution in [0.2, 0.25) is 0 Å². The maximum Gasteiger partial charge on any atom is 0.262 e. The zero-order valence-electron chi connectivity index (χ0n) is 16.3. The molecule has 1 N–H and O–H groups in total. The molecule has 6 heteroatoms. The molecule has 4 aromatic rings. The molecule has 0 aliphatic heterocycles. The largest absolute Gasteiger partial charge is 0.495 e. The van der Waals surface area contributed by atoms with Gasteiger partial charge in [0.15, 0.2) is 6.61 Å². The third-order valence-corrected chi connectivity index (χ3v) is 4.52. The van der Waals surface area contributed by atoms with Crippen LogP contribution in [0, 0.1) is 6.92 Å². The zero-order valence-corrected chi connectivity index (χ0v) is 16.3. The molecule has 0 spiro atoms. The van der Waals surface area contributed by atoms with Gasteiger partial charge in [0.05, 0.1) is 18.5 Å². The normalized spacial score (nSPS) is 10.7. The average Bonchev–Trinajstić information content (AvgIpc) is 3.17. The standard InChI is InChI=1S/C23H21N3O3/c1-16-6-9-18(10-7-16)29-15-23(27)25-19-13-17(8-11-21(19)28-2)20-14-26-12-4-3-5-22(26)24-20/h3-14H,15H2,1-2H3,(H,25,27). The Kier molecular flexibility index (Phi) is 5.16. The smallest absolute Gasteiger partial charge is 0.262 e. The van der Waals surface area contributed by atoms with Gasteiger partial charge in [0, 0.05) is 18.0 Å². The van der Waals surface area contributed by atoms with E-state index in [-0.39, 0.29) is 12.5 Å². The number of carbonyl (C=O) groups is 1. The van der Waals surface area contributed by atoms with Crippen molar-refractivity contribution in [2.75, 3.05) is 19.0 Å². The van der Waals surface area contributed by atoms with E-state index in [4.69, 9.17) is 9.47 Å². The molecule has 0 atom stereocenters. The molecule has 0 saturated carbocycles. The summed E-state index contributed by atoms with van der Waals surface area (Å²) >= 11 is 0. The molecule has 2 aromatic heterocycles. The van der Waals surface area contributed by atoms with Gasteiger partial charge in [0.2, 0.25) is 0 Å². The summed E-state index contributed by atoms with van der Waals surface area (Å²) in [4.78, 5) is 17.0. The van der Waals surface area contributed by atoms with Crippen molar-refractivity contribution in [1.82, 2.24) is 9.38 Å². The number of ether oxygens (including phenoxy) is 2. The Morgan fingerprint density at radius 1 is 1.10 bits per heavy atom. The number of imidazole rings is 1. The summed E-state index contributed by atoms with van der Waals surface area (Å²) in [5.41, 5.74) is 4.25. The maximum atomic E-state index is 12.4. The van der Waals surface area contributed by atoms with Gasteiger partial charge in [-0.05, 0) is 49.4 Å². The van der Waals surface area contributed by atoms with Crippen molar-refractivity contribution in [1.29, 1.82) is 0 Å². The van der Waals surface area contributed by atoms with Crippen LogP contribution in [0.4, 0.5) is 5.69 Å². The zero-order chi connectivity index (χ0) is 20.2. The lowest BCUT2D eigenvalue weighted by atomic mass is 10.1. The number of hydrogen-bond donors (Lipinski definition) is 1. The molecule has 2 heterocycles. The summed E-state index contributed by atoms with van der Waals surface area (Å²) < 4.78 is 12.9. The number of pyridine rings is 1. The van der Waals surface area contributed by atoms with Crippen LogP contribution in [-0.2, 0) is 4.79 Å². The van der Waals surface area contributed by atoms with Gasteiger partial charge in [-0.15, -0.1) is 0 Å². The van der Waals surface area contributed by atoms with Crippen LogP contribution in [0.15, 0.2) is 73.1 Å². The van der Waals surface area contributed by atoms with Crippen LogP contribution < -0.4 is 14.8 Å². The number of nitrogens with one attached hydrogen (secondary N) is 1. The van der Waals surface area contributed by atoms with Gasteiger partial charge >= 0.3 is 0 Å². The van der Waals surface area contributed by atoms with E-state index < -0.39 is 0 Å². The van der Waals surface area contributed by atoms with Gasteiger partial charge in [-0.2, -0.15) is 0 Å². The molecule has 1 amide bonds. The van der Waals surface area contributed by atoms with E-state index in [1.54, 1.807) is 7.11 Å². The van der Waals surface area contributed by atoms with Crippen LogP contribution in [0.5, 0.6) is 11.5 Å². The third kappa shape index (κ3) is 4.21. The van der Waals surface area contributed by atoms with Gasteiger partial charge < -0.3 is 19.2 Å². The summed E-state index contributed by atoms with van der Waals surface area (Å²) in [6.07, 6.45) is 3.89. The van der Waals surface area contributed by atoms with Gasteiger partial charge in [-0.3, -0.25) is 4.79 Å². The number of rotatable bonds is 6. The van der Waals surface area contributed by atoms with Gasteiger partial charge in [-0.25, -0.2) is 4.98 Å². The minimum Gasteiger partial charge on any atom is -0.495 e. The average molecular weight is 387 g/mol. The summed E-state index contributed by atoms with van der Waals surface area (Å²) in [5.74, 6) is 0.952. The van der Waals surface area contributed by atoms with E-state index in [2.05, 4.69) is 10.3 Å². The molecule has 0 unspecified atom stereocenters. The molecular formula is C23H21N3O3. The lowest BCUT2D eigenvalue weighted by molar-refractivity contribution is -0.118. The van der Waals surface area contributed by atoms with Crippen molar-refractivity contribution in [3.63, 3.8) is 0 Å². The lowest BCUT2D eigenvalue weighted by Crippen LogP contribution is -2.20. The number of aromatic nitrogens is 2. The van der Waals surface area contributed by atoms with E-state index in [0.29, 0.717) is 17.2 Å². The Morgan fingerprint density at radius 2 is 1.93 bits per heavy atom. The molecule has 0 aliphatic carbocycles. The fraction of sp³-hybridized carbons (Fsp3) is 0.130. The van der Waals surface area contributed by atoms with Crippen LogP contribution in [0.25, 0.3) is 16.9 Å². The summed E-state index contributed by atoms with van der Waals surface area (Å²) in [5, 5.41) is 2.86. The van der Waals surface area contributed by atoms with Crippen molar-refractivity contribution < 1.29 is 14.3 Å². The Morgan fingerprint density at radius 3 is 2.69 bits per heavy atom. The Bertz CT molecular complexity index is 1120. The molecule has 4 rings (SSSR count). The van der Waals surface area contributed by atoms with E-state index in [1.807, 2.05) is 84.4 Å². The predicted molar refractivity (Wildman–Crippen MR) is 112 cm³/mol. The monoisotopic (exact) mass is 387 g/mol. The second kappa shape index (κ2) is 8.06. The highest BCUT2D eigenvalue weighted by Crippen LogP contribution is 2.30. The Balaban J connectivity index is 1.51. The second-order valence-electron chi connectivity index (χ2n) is 6.66. The molecule has 0 bridgehead atoms. The van der Waals surface area contributed by atoms with Crippen molar-refractivity contribution in [3.8, 4) is 22.8 Å². The Labute approximate surface area is 168 Å². The molecule has 2 aromatic carbocycles. The van der Waals surface area contributed by atoms with Crippen LogP contribution in [0.1, 0.15) is 5.56 Å². The number of aryl methyl sites for hydroxylation is 1. The first kappa shape index (κ1) is 18.6. The lowest BCUT2D eigenvalue weighted by Gasteiger charge is -2.12. The molecule has 0 aliphatic rings. The van der Waals surface area contributed by atoms with E-state index in [9.17, 15) is 4.79 Å². The second-order valence-corrected chi connectivity index (χ2v) is 6.66. The van der Waals surface area contributed by atoms with Crippen LogP contribution >= 0.6 is 0 Å². The van der Waals surface area contributed by atoms with Crippen molar-refractivity contribution >= 4 is 17.2 Å². The highest BCUT2D eigenvalue weighted by molar-refractivity contribution is 5.94. The van der Waals surface area contributed by atoms with Crippen molar-refractivity contribution in [2.45, 2.75) is 6.92 Å². The molecular weight excluding hydrogens is 366 g/mol. The number of anilines is 1. The highest BCUT2D eigenvalue weighted by Gasteiger charge is 2.12. The van der Waals surface area contributed by atoms with E-state index in [0.717, 1.165) is 22.5 Å². The molecule has 0 saturated heterocycles. The number of benzene rings is 2. The number of nitrogens with zero attached hydrogens (tertiary/aromatic N) is 2. The SMILES string of the molecule is COc1ccc(-c2cn3ccccc3n2)cc1NC(=O)COc1ccc(C)cc1. The van der Waals surface area contributed by atoms with Gasteiger partial charge in [-0.1, -0.05) is 23.8 Å². The van der Waals surface area contributed by atoms with Crippen molar-refractivity contribution in [3.05, 3.63) is 78.6 Å². The third-order valence-electron chi connectivity index (χ3n) is 4.52. The fourth-order valence-electron chi connectivity index (χ4n) is 3.01. The Hall–Kier alpha value is -3.80. The summed E-state index contributed by atoms with van der Waals surface area (Å²) in [7, 11) is 1.57. The topological polar surface area (TPSA) is 64.9 Å². The van der Waals surface area contributed by atoms with Gasteiger partial charge in [0.1, 0.15) is 17.1 Å². The first-order valence-corrected chi connectivity index (χ1v) is 9.24. The van der Waals surface area contributed by atoms with E-state index >= 15 is 0 Å². The molecule has 0 radical (unpaired) electrons. The maximum absolute atomic E-state index is 12.4. The summed E-state index contributed by atoms with van der Waals surface area (Å²) in [6, 6.07) is 19.0. The molecule has 146 valence electrons. The first-order chi connectivity index (χ1) is 14.1.